The maximum atomic E-state index is 4.87. The molecule has 194 valence electrons. The zero-order valence-corrected chi connectivity index (χ0v) is 21.9. The predicted octanol–water partition coefficient (Wildman–Crippen LogP) is 7.03. The first-order valence-electron chi connectivity index (χ1n) is 13.7. The molecule has 0 radical (unpaired) electrons. The minimum atomic E-state index is 0.149. The van der Waals surface area contributed by atoms with Gasteiger partial charge in [0, 0.05) is 28.9 Å². The van der Waals surface area contributed by atoms with E-state index in [0.717, 1.165) is 76.3 Å². The van der Waals surface area contributed by atoms with E-state index in [2.05, 4.69) is 73.9 Å². The van der Waals surface area contributed by atoms with E-state index in [1.165, 1.54) is 22.5 Å². The first kappa shape index (κ1) is 22.9. The summed E-state index contributed by atoms with van der Waals surface area (Å²) in [6.07, 6.45) is 11.5. The molecule has 2 aliphatic heterocycles. The molecule has 1 atom stereocenters. The molecule has 2 N–H and O–H groups in total. The lowest BCUT2D eigenvalue weighted by molar-refractivity contribution is 0.658. The average molecular weight is 522 g/mol. The number of H-pyrrole nitrogens is 2. The van der Waals surface area contributed by atoms with Gasteiger partial charge < -0.3 is 14.9 Å². The van der Waals surface area contributed by atoms with Crippen molar-refractivity contribution in [3.63, 3.8) is 0 Å². The normalized spacial score (nSPS) is 16.4. The van der Waals surface area contributed by atoms with Crippen LogP contribution >= 0.6 is 0 Å². The Labute approximate surface area is 231 Å². The molecule has 0 unspecified atom stereocenters. The van der Waals surface area contributed by atoms with Gasteiger partial charge in [-0.05, 0) is 48.1 Å². The number of nitrogens with one attached hydrogen (secondary N) is 2. The van der Waals surface area contributed by atoms with Gasteiger partial charge in [-0.15, -0.1) is 0 Å². The van der Waals surface area contributed by atoms with Crippen LogP contribution in [-0.2, 0) is 12.8 Å². The topological polar surface area (TPSA) is 86.4 Å². The van der Waals surface area contributed by atoms with Crippen molar-refractivity contribution in [1.29, 1.82) is 0 Å². The fraction of sp³-hybridized carbons (Fsp3) is 0.152. The van der Waals surface area contributed by atoms with Crippen molar-refractivity contribution in [1.82, 2.24) is 29.9 Å². The number of fused-ring (bicyclic) bond motifs is 1. The van der Waals surface area contributed by atoms with Crippen LogP contribution in [0, 0.1) is 0 Å². The molecular formula is C33H27N7. The highest BCUT2D eigenvalue weighted by Crippen LogP contribution is 2.46. The van der Waals surface area contributed by atoms with Gasteiger partial charge in [0.25, 0.3) is 0 Å². The lowest BCUT2D eigenvalue weighted by Crippen LogP contribution is -2.24. The molecule has 0 saturated carbocycles. The van der Waals surface area contributed by atoms with Gasteiger partial charge in [0.15, 0.2) is 0 Å². The van der Waals surface area contributed by atoms with Gasteiger partial charge in [-0.25, -0.2) is 15.0 Å². The quantitative estimate of drug-likeness (QED) is 0.260. The monoisotopic (exact) mass is 521 g/mol. The van der Waals surface area contributed by atoms with Gasteiger partial charge in [-0.2, -0.15) is 0 Å². The van der Waals surface area contributed by atoms with Gasteiger partial charge >= 0.3 is 0 Å². The van der Waals surface area contributed by atoms with Crippen LogP contribution in [-0.4, -0.2) is 29.9 Å². The maximum absolute atomic E-state index is 4.87. The summed E-state index contributed by atoms with van der Waals surface area (Å²) in [4.78, 5) is 27.7. The number of anilines is 1. The number of hydrogen-bond donors (Lipinski definition) is 2. The molecule has 3 aromatic carbocycles. The van der Waals surface area contributed by atoms with E-state index in [0.29, 0.717) is 0 Å². The van der Waals surface area contributed by atoms with Crippen molar-refractivity contribution in [2.75, 3.05) is 4.90 Å². The van der Waals surface area contributed by atoms with Gasteiger partial charge in [0.2, 0.25) is 0 Å². The van der Waals surface area contributed by atoms with Crippen molar-refractivity contribution in [3.05, 3.63) is 115 Å². The molecule has 0 fully saturated rings. The Kier molecular flexibility index (Phi) is 5.16. The van der Waals surface area contributed by atoms with Gasteiger partial charge in [0.05, 0.1) is 59.1 Å². The van der Waals surface area contributed by atoms with E-state index in [9.17, 15) is 0 Å². The van der Waals surface area contributed by atoms with Crippen molar-refractivity contribution >= 4 is 16.7 Å². The minimum Gasteiger partial charge on any atom is -0.345 e. The summed E-state index contributed by atoms with van der Waals surface area (Å²) in [7, 11) is 0. The molecule has 3 aromatic heterocycles. The number of allylic oxidation sites excluding steroid dienone is 1. The summed E-state index contributed by atoms with van der Waals surface area (Å²) in [6.45, 7) is 4.44. The summed E-state index contributed by atoms with van der Waals surface area (Å²) in [5.74, 6) is 0.985. The third kappa shape index (κ3) is 3.73. The smallest absolute Gasteiger partial charge is 0.130 e. The van der Waals surface area contributed by atoms with Gasteiger partial charge in [-0.3, -0.25) is 4.98 Å². The molecule has 7 nitrogen and oxygen atoms in total. The highest BCUT2D eigenvalue weighted by molar-refractivity contribution is 5.82. The number of hydrogen-bond acceptors (Lipinski definition) is 5. The van der Waals surface area contributed by atoms with E-state index in [1.54, 1.807) is 12.5 Å². The fourth-order valence-corrected chi connectivity index (χ4v) is 6.18. The summed E-state index contributed by atoms with van der Waals surface area (Å²) in [5.41, 5.74) is 13.0. The van der Waals surface area contributed by atoms with Gasteiger partial charge in [-0.1, -0.05) is 55.1 Å². The molecule has 0 saturated heterocycles. The molecule has 7 heteroatoms. The Morgan fingerprint density at radius 1 is 0.800 bits per heavy atom. The standard InChI is InChI=1S/C33H27N7/c1-20-4-2-5-23-6-3-7-25-15-31(40(20)32(23)25)33-36-18-30(39-33)22-10-8-21(9-11-22)29-17-35-27-14-24(12-13-26(27)38-29)28-16-34-19-37-28/h3,6-14,16-19,31H,1-2,4-5,15H2,(H,34,37)(H,36,39)/t31-/m0/s1. The van der Waals surface area contributed by atoms with Crippen LogP contribution in [0.5, 0.6) is 0 Å². The molecule has 0 bridgehead atoms. The molecule has 5 heterocycles. The van der Waals surface area contributed by atoms with Crippen LogP contribution in [0.4, 0.5) is 5.69 Å². The number of benzene rings is 3. The van der Waals surface area contributed by atoms with Crippen molar-refractivity contribution < 1.29 is 0 Å². The Balaban J connectivity index is 1.06. The Morgan fingerprint density at radius 2 is 1.65 bits per heavy atom. The maximum Gasteiger partial charge on any atom is 0.130 e. The summed E-state index contributed by atoms with van der Waals surface area (Å²) in [6, 6.07) is 21.4. The zero-order chi connectivity index (χ0) is 26.6. The van der Waals surface area contributed by atoms with Crippen molar-refractivity contribution in [3.8, 4) is 33.8 Å². The Hall–Kier alpha value is -5.04. The lowest BCUT2D eigenvalue weighted by atomic mass is 10.0. The second-order valence-corrected chi connectivity index (χ2v) is 10.6. The van der Waals surface area contributed by atoms with Crippen LogP contribution in [0.15, 0.2) is 97.9 Å². The molecule has 0 spiro atoms. The van der Waals surface area contributed by atoms with E-state index in [1.807, 2.05) is 30.6 Å². The number of rotatable bonds is 4. The van der Waals surface area contributed by atoms with E-state index >= 15 is 0 Å². The van der Waals surface area contributed by atoms with Crippen LogP contribution < -0.4 is 4.90 Å². The Bertz CT molecular complexity index is 1880. The summed E-state index contributed by atoms with van der Waals surface area (Å²) < 4.78 is 0. The molecule has 2 aliphatic rings. The fourth-order valence-electron chi connectivity index (χ4n) is 6.18. The number of aryl methyl sites for hydroxylation is 1. The summed E-state index contributed by atoms with van der Waals surface area (Å²) in [5, 5.41) is 0. The van der Waals surface area contributed by atoms with Crippen molar-refractivity contribution in [2.24, 2.45) is 0 Å². The first-order chi connectivity index (χ1) is 19.7. The zero-order valence-electron chi connectivity index (χ0n) is 21.9. The number of para-hydroxylation sites is 1. The van der Waals surface area contributed by atoms with Crippen LogP contribution in [0.3, 0.4) is 0 Å². The highest BCUT2D eigenvalue weighted by atomic mass is 15.2. The largest absolute Gasteiger partial charge is 0.345 e. The first-order valence-corrected chi connectivity index (χ1v) is 13.7. The molecular weight excluding hydrogens is 494 g/mol. The second kappa shape index (κ2) is 9.02. The third-order valence-electron chi connectivity index (χ3n) is 8.18. The number of imidazole rings is 2. The van der Waals surface area contributed by atoms with Crippen LogP contribution in [0.1, 0.15) is 35.8 Å². The highest BCUT2D eigenvalue weighted by Gasteiger charge is 2.36. The van der Waals surface area contributed by atoms with E-state index < -0.39 is 0 Å². The minimum absolute atomic E-state index is 0.149. The van der Waals surface area contributed by atoms with Crippen LogP contribution in [0.25, 0.3) is 44.8 Å². The number of aromatic amines is 2. The molecule has 8 rings (SSSR count). The second-order valence-electron chi connectivity index (χ2n) is 10.6. The lowest BCUT2D eigenvalue weighted by Gasteiger charge is -2.27. The number of nitrogens with zero attached hydrogens (tertiary/aromatic N) is 5. The Morgan fingerprint density at radius 3 is 2.52 bits per heavy atom. The SMILES string of the molecule is C=C1CCCc2cccc3c2N1[C@H](c1ncc(-c2ccc(-c4cnc5cc(-c6cnc[nH]6)ccc5n4)cc2)[nH]1)C3. The van der Waals surface area contributed by atoms with Gasteiger partial charge in [0.1, 0.15) is 5.82 Å². The van der Waals surface area contributed by atoms with E-state index in [4.69, 9.17) is 9.97 Å². The average Bonchev–Trinajstić information content (AvgIpc) is 3.75. The molecule has 6 aromatic rings. The number of aromatic nitrogens is 6. The van der Waals surface area contributed by atoms with Crippen molar-refractivity contribution in [2.45, 2.75) is 31.7 Å². The molecule has 0 aliphatic carbocycles. The third-order valence-corrected chi connectivity index (χ3v) is 8.18. The molecule has 0 amide bonds. The summed E-state index contributed by atoms with van der Waals surface area (Å²) >= 11 is 0. The molecule has 40 heavy (non-hydrogen) atoms. The predicted molar refractivity (Wildman–Crippen MR) is 158 cm³/mol. The van der Waals surface area contributed by atoms with Crippen LogP contribution in [0.2, 0.25) is 0 Å². The van der Waals surface area contributed by atoms with E-state index in [-0.39, 0.29) is 6.04 Å².